The fourth-order valence-electron chi connectivity index (χ4n) is 4.12. The van der Waals surface area contributed by atoms with Gasteiger partial charge >= 0.3 is 0 Å². The van der Waals surface area contributed by atoms with Crippen molar-refractivity contribution in [2.75, 3.05) is 36.5 Å². The van der Waals surface area contributed by atoms with Gasteiger partial charge in [-0.2, -0.15) is 5.10 Å². The van der Waals surface area contributed by atoms with E-state index in [2.05, 4.69) is 15.3 Å². The van der Waals surface area contributed by atoms with Gasteiger partial charge in [0.15, 0.2) is 17.3 Å². The third-order valence-corrected chi connectivity index (χ3v) is 5.62. The van der Waals surface area contributed by atoms with Crippen LogP contribution in [0.25, 0.3) is 10.8 Å². The molecule has 1 aromatic heterocycles. The summed E-state index contributed by atoms with van der Waals surface area (Å²) < 4.78 is 12.3. The Balaban J connectivity index is 1.42. The SMILES string of the molecule is O=C(Cn1nc(N2CCCCC2)c2ccccc2c1=O)Nc1ccc2c(c1)OCCO2. The normalized spacial score (nSPS) is 15.7. The monoisotopic (exact) mass is 420 g/mol. The van der Waals surface area contributed by atoms with E-state index >= 15 is 0 Å². The van der Waals surface area contributed by atoms with Crippen molar-refractivity contribution in [3.63, 3.8) is 0 Å². The van der Waals surface area contributed by atoms with Gasteiger partial charge in [-0.3, -0.25) is 9.59 Å². The number of nitrogens with one attached hydrogen (secondary N) is 1. The average molecular weight is 420 g/mol. The number of piperidine rings is 1. The summed E-state index contributed by atoms with van der Waals surface area (Å²) in [6.07, 6.45) is 3.39. The average Bonchev–Trinajstić information content (AvgIpc) is 2.81. The Morgan fingerprint density at radius 1 is 0.968 bits per heavy atom. The lowest BCUT2D eigenvalue weighted by Crippen LogP contribution is -2.35. The first kappa shape index (κ1) is 19.4. The van der Waals surface area contributed by atoms with Crippen LogP contribution in [0.15, 0.2) is 47.3 Å². The van der Waals surface area contributed by atoms with Gasteiger partial charge in [-0.05, 0) is 37.5 Å². The summed E-state index contributed by atoms with van der Waals surface area (Å²) in [5.74, 6) is 1.69. The highest BCUT2D eigenvalue weighted by Gasteiger charge is 2.19. The van der Waals surface area contributed by atoms with E-state index in [-0.39, 0.29) is 18.0 Å². The van der Waals surface area contributed by atoms with Crippen LogP contribution in [0.3, 0.4) is 0 Å². The molecule has 5 rings (SSSR count). The molecule has 1 amide bonds. The van der Waals surface area contributed by atoms with Gasteiger partial charge in [-0.1, -0.05) is 18.2 Å². The number of aromatic nitrogens is 2. The zero-order valence-corrected chi connectivity index (χ0v) is 17.2. The van der Waals surface area contributed by atoms with Crippen molar-refractivity contribution in [2.24, 2.45) is 0 Å². The largest absolute Gasteiger partial charge is 0.486 e. The molecular formula is C23H24N4O4. The van der Waals surface area contributed by atoms with Gasteiger partial charge in [0.2, 0.25) is 5.91 Å². The number of rotatable bonds is 4. The van der Waals surface area contributed by atoms with Gasteiger partial charge in [-0.15, -0.1) is 0 Å². The number of ether oxygens (including phenoxy) is 2. The second-order valence-corrected chi connectivity index (χ2v) is 7.79. The van der Waals surface area contributed by atoms with E-state index in [9.17, 15) is 9.59 Å². The second kappa shape index (κ2) is 8.29. The van der Waals surface area contributed by atoms with Gasteiger partial charge in [-0.25, -0.2) is 4.68 Å². The van der Waals surface area contributed by atoms with E-state index < -0.39 is 0 Å². The molecule has 0 spiro atoms. The molecule has 1 fully saturated rings. The molecule has 2 aliphatic heterocycles. The van der Waals surface area contributed by atoms with E-state index in [0.717, 1.165) is 37.1 Å². The third-order valence-electron chi connectivity index (χ3n) is 5.62. The van der Waals surface area contributed by atoms with Crippen LogP contribution in [0.5, 0.6) is 11.5 Å². The van der Waals surface area contributed by atoms with Crippen molar-refractivity contribution in [3.8, 4) is 11.5 Å². The summed E-state index contributed by atoms with van der Waals surface area (Å²) in [6, 6.07) is 12.7. The molecule has 0 atom stereocenters. The summed E-state index contributed by atoms with van der Waals surface area (Å²) in [4.78, 5) is 27.9. The van der Waals surface area contributed by atoms with Crippen LogP contribution in [0, 0.1) is 0 Å². The first-order chi connectivity index (χ1) is 15.2. The lowest BCUT2D eigenvalue weighted by Gasteiger charge is -2.29. The number of hydrogen-bond acceptors (Lipinski definition) is 6. The molecule has 1 saturated heterocycles. The number of carbonyl (C=O) groups excluding carboxylic acids is 1. The molecule has 160 valence electrons. The number of amides is 1. The fourth-order valence-corrected chi connectivity index (χ4v) is 4.12. The lowest BCUT2D eigenvalue weighted by molar-refractivity contribution is -0.117. The highest BCUT2D eigenvalue weighted by Crippen LogP contribution is 2.32. The molecule has 0 unspecified atom stereocenters. The van der Waals surface area contributed by atoms with Crippen LogP contribution in [0.1, 0.15) is 19.3 Å². The van der Waals surface area contributed by atoms with Gasteiger partial charge in [0.05, 0.1) is 5.39 Å². The molecule has 3 aromatic rings. The van der Waals surface area contributed by atoms with E-state index in [0.29, 0.717) is 35.8 Å². The highest BCUT2D eigenvalue weighted by molar-refractivity contribution is 5.93. The maximum Gasteiger partial charge on any atom is 0.275 e. The van der Waals surface area contributed by atoms with E-state index in [4.69, 9.17) is 9.47 Å². The quantitative estimate of drug-likeness (QED) is 0.699. The number of carbonyl (C=O) groups is 1. The molecule has 8 heteroatoms. The third kappa shape index (κ3) is 3.93. The van der Waals surface area contributed by atoms with E-state index in [1.807, 2.05) is 18.2 Å². The molecule has 1 N–H and O–H groups in total. The Hall–Kier alpha value is -3.55. The molecule has 0 saturated carbocycles. The second-order valence-electron chi connectivity index (χ2n) is 7.79. The van der Waals surface area contributed by atoms with E-state index in [1.54, 1.807) is 24.3 Å². The van der Waals surface area contributed by atoms with Crippen molar-refractivity contribution in [1.82, 2.24) is 9.78 Å². The Morgan fingerprint density at radius 3 is 2.52 bits per heavy atom. The molecule has 8 nitrogen and oxygen atoms in total. The lowest BCUT2D eigenvalue weighted by atomic mass is 10.1. The minimum atomic E-state index is -0.328. The van der Waals surface area contributed by atoms with Crippen molar-refractivity contribution in [3.05, 3.63) is 52.8 Å². The Labute approximate surface area is 179 Å². The Bertz CT molecular complexity index is 1180. The van der Waals surface area contributed by atoms with Gasteiger partial charge in [0.25, 0.3) is 5.56 Å². The molecule has 3 heterocycles. The topological polar surface area (TPSA) is 85.7 Å². The predicted molar refractivity (Wildman–Crippen MR) is 118 cm³/mol. The Kier molecular flexibility index (Phi) is 5.19. The molecule has 0 radical (unpaired) electrons. The number of anilines is 2. The number of fused-ring (bicyclic) bond motifs is 2. The van der Waals surface area contributed by atoms with Gasteiger partial charge < -0.3 is 19.7 Å². The minimum Gasteiger partial charge on any atom is -0.486 e. The van der Waals surface area contributed by atoms with Crippen molar-refractivity contribution < 1.29 is 14.3 Å². The molecule has 0 bridgehead atoms. The van der Waals surface area contributed by atoms with Crippen LogP contribution in [0.2, 0.25) is 0 Å². The van der Waals surface area contributed by atoms with Crippen molar-refractivity contribution in [1.29, 1.82) is 0 Å². The minimum absolute atomic E-state index is 0.168. The van der Waals surface area contributed by atoms with Crippen LogP contribution < -0.4 is 25.2 Å². The number of benzene rings is 2. The smallest absolute Gasteiger partial charge is 0.275 e. The first-order valence-corrected chi connectivity index (χ1v) is 10.6. The summed E-state index contributed by atoms with van der Waals surface area (Å²) in [6.45, 7) is 2.62. The van der Waals surface area contributed by atoms with Crippen molar-refractivity contribution in [2.45, 2.75) is 25.8 Å². The summed E-state index contributed by atoms with van der Waals surface area (Å²) in [5, 5.41) is 8.83. The molecule has 0 aliphatic carbocycles. The van der Waals surface area contributed by atoms with Gasteiger partial charge in [0, 0.05) is 30.2 Å². The van der Waals surface area contributed by atoms with E-state index in [1.165, 1.54) is 11.1 Å². The van der Waals surface area contributed by atoms with Crippen LogP contribution in [-0.2, 0) is 11.3 Å². The van der Waals surface area contributed by atoms with Crippen molar-refractivity contribution >= 4 is 28.2 Å². The predicted octanol–water partition coefficient (Wildman–Crippen LogP) is 2.80. The maximum atomic E-state index is 13.0. The fraction of sp³-hybridized carbons (Fsp3) is 0.348. The summed E-state index contributed by atoms with van der Waals surface area (Å²) in [7, 11) is 0. The highest BCUT2D eigenvalue weighted by atomic mass is 16.6. The molecule has 2 aromatic carbocycles. The van der Waals surface area contributed by atoms with Crippen LogP contribution in [0.4, 0.5) is 11.5 Å². The molecule has 2 aliphatic rings. The molecule has 31 heavy (non-hydrogen) atoms. The van der Waals surface area contributed by atoms with Crippen LogP contribution >= 0.6 is 0 Å². The Morgan fingerprint density at radius 2 is 1.71 bits per heavy atom. The number of nitrogens with zero attached hydrogens (tertiary/aromatic N) is 3. The zero-order chi connectivity index (χ0) is 21.2. The standard InChI is InChI=1S/C23H24N4O4/c28-21(24-16-8-9-19-20(14-16)31-13-12-30-19)15-27-23(29)18-7-3-2-6-17(18)22(25-27)26-10-4-1-5-11-26/h2-3,6-9,14H,1,4-5,10-13,15H2,(H,24,28). The van der Waals surface area contributed by atoms with Gasteiger partial charge in [0.1, 0.15) is 19.8 Å². The summed E-state index contributed by atoms with van der Waals surface area (Å²) in [5.41, 5.74) is 0.313. The molecular weight excluding hydrogens is 396 g/mol. The van der Waals surface area contributed by atoms with Crippen LogP contribution in [-0.4, -0.2) is 42.0 Å². The maximum absolute atomic E-state index is 13.0. The first-order valence-electron chi connectivity index (χ1n) is 10.6. The summed E-state index contributed by atoms with van der Waals surface area (Å²) >= 11 is 0. The zero-order valence-electron chi connectivity index (χ0n) is 17.2. The number of hydrogen-bond donors (Lipinski definition) is 1.